The van der Waals surface area contributed by atoms with Gasteiger partial charge in [-0.05, 0) is 18.2 Å². The minimum Gasteiger partial charge on any atom is -0.506 e. The molecule has 0 spiro atoms. The standard InChI is InChI=1S/C14H17ClN2OS/c1-14(2,3)13-17-10(8-19-13)7-16-9-4-5-12(18)11(15)6-9/h4-6,8,16,18H,7H2,1-3H3. The molecule has 0 fully saturated rings. The summed E-state index contributed by atoms with van der Waals surface area (Å²) in [6.45, 7) is 7.11. The summed E-state index contributed by atoms with van der Waals surface area (Å²) in [6.07, 6.45) is 0. The van der Waals surface area contributed by atoms with E-state index in [1.165, 1.54) is 0 Å². The van der Waals surface area contributed by atoms with Crippen LogP contribution in [0.4, 0.5) is 5.69 Å². The molecule has 2 rings (SSSR count). The lowest BCUT2D eigenvalue weighted by molar-refractivity contribution is 0.475. The van der Waals surface area contributed by atoms with Crippen LogP contribution in [0.3, 0.4) is 0 Å². The van der Waals surface area contributed by atoms with Gasteiger partial charge in [0.15, 0.2) is 0 Å². The Bertz CT molecular complexity index is 575. The van der Waals surface area contributed by atoms with Gasteiger partial charge in [-0.2, -0.15) is 0 Å². The van der Waals surface area contributed by atoms with Gasteiger partial charge in [0, 0.05) is 16.5 Å². The summed E-state index contributed by atoms with van der Waals surface area (Å²) in [5.74, 6) is 0.0934. The summed E-state index contributed by atoms with van der Waals surface area (Å²) in [5.41, 5.74) is 1.97. The number of phenols is 1. The largest absolute Gasteiger partial charge is 0.506 e. The third-order valence-corrected chi connectivity index (χ3v) is 4.23. The fourth-order valence-electron chi connectivity index (χ4n) is 1.54. The van der Waals surface area contributed by atoms with Gasteiger partial charge in [-0.15, -0.1) is 11.3 Å². The molecule has 19 heavy (non-hydrogen) atoms. The highest BCUT2D eigenvalue weighted by Gasteiger charge is 2.17. The van der Waals surface area contributed by atoms with Crippen molar-refractivity contribution in [1.29, 1.82) is 0 Å². The number of hydrogen-bond donors (Lipinski definition) is 2. The maximum atomic E-state index is 9.35. The molecule has 0 saturated heterocycles. The van der Waals surface area contributed by atoms with E-state index in [2.05, 4.69) is 36.5 Å². The Hall–Kier alpha value is -1.26. The Kier molecular flexibility index (Phi) is 4.02. The highest BCUT2D eigenvalue weighted by Crippen LogP contribution is 2.28. The Morgan fingerprint density at radius 2 is 2.11 bits per heavy atom. The molecule has 5 heteroatoms. The fraction of sp³-hybridized carbons (Fsp3) is 0.357. The van der Waals surface area contributed by atoms with E-state index in [0.717, 1.165) is 16.4 Å². The molecule has 2 N–H and O–H groups in total. The van der Waals surface area contributed by atoms with E-state index in [1.807, 2.05) is 0 Å². The summed E-state index contributed by atoms with van der Waals surface area (Å²) < 4.78 is 0. The minimum atomic E-state index is 0.0881. The molecule has 0 unspecified atom stereocenters. The van der Waals surface area contributed by atoms with E-state index < -0.39 is 0 Å². The number of aromatic hydroxyl groups is 1. The van der Waals surface area contributed by atoms with Gasteiger partial charge in [-0.3, -0.25) is 0 Å². The molecule has 1 aromatic heterocycles. The van der Waals surface area contributed by atoms with Crippen LogP contribution in [-0.2, 0) is 12.0 Å². The van der Waals surface area contributed by atoms with Crippen LogP contribution in [-0.4, -0.2) is 10.1 Å². The molecule has 0 radical (unpaired) electrons. The minimum absolute atomic E-state index is 0.0881. The number of aromatic nitrogens is 1. The lowest BCUT2D eigenvalue weighted by Gasteiger charge is -2.13. The summed E-state index contributed by atoms with van der Waals surface area (Å²) in [6, 6.07) is 5.07. The first-order valence-electron chi connectivity index (χ1n) is 6.03. The predicted octanol–water partition coefficient (Wildman–Crippen LogP) is 4.41. The number of nitrogens with zero attached hydrogens (tertiary/aromatic N) is 1. The van der Waals surface area contributed by atoms with E-state index in [4.69, 9.17) is 11.6 Å². The fourth-order valence-corrected chi connectivity index (χ4v) is 2.63. The normalized spacial score (nSPS) is 11.6. The second kappa shape index (κ2) is 5.39. The summed E-state index contributed by atoms with van der Waals surface area (Å²) >= 11 is 7.54. The second-order valence-electron chi connectivity index (χ2n) is 5.41. The molecule has 0 saturated carbocycles. The van der Waals surface area contributed by atoms with Crippen LogP contribution >= 0.6 is 22.9 Å². The number of phenolic OH excluding ortho intramolecular Hbond substituents is 1. The van der Waals surface area contributed by atoms with Crippen molar-refractivity contribution in [2.45, 2.75) is 32.7 Å². The highest BCUT2D eigenvalue weighted by atomic mass is 35.5. The smallest absolute Gasteiger partial charge is 0.134 e. The van der Waals surface area contributed by atoms with Gasteiger partial charge < -0.3 is 10.4 Å². The van der Waals surface area contributed by atoms with Crippen molar-refractivity contribution in [3.05, 3.63) is 39.3 Å². The van der Waals surface area contributed by atoms with Crippen LogP contribution in [0.2, 0.25) is 5.02 Å². The van der Waals surface area contributed by atoms with Crippen molar-refractivity contribution >= 4 is 28.6 Å². The van der Waals surface area contributed by atoms with Crippen molar-refractivity contribution in [1.82, 2.24) is 4.98 Å². The quantitative estimate of drug-likeness (QED) is 0.825. The number of benzene rings is 1. The Morgan fingerprint density at radius 3 is 2.68 bits per heavy atom. The molecule has 0 amide bonds. The molecule has 1 aromatic carbocycles. The molecule has 0 aliphatic carbocycles. The molecular weight excluding hydrogens is 280 g/mol. The molecule has 0 bridgehead atoms. The van der Waals surface area contributed by atoms with Crippen molar-refractivity contribution in [3.8, 4) is 5.75 Å². The first-order valence-corrected chi connectivity index (χ1v) is 7.29. The zero-order chi connectivity index (χ0) is 14.0. The third kappa shape index (κ3) is 3.61. The third-order valence-electron chi connectivity index (χ3n) is 2.61. The predicted molar refractivity (Wildman–Crippen MR) is 81.3 cm³/mol. The zero-order valence-electron chi connectivity index (χ0n) is 11.2. The van der Waals surface area contributed by atoms with Gasteiger partial charge in [-0.1, -0.05) is 32.4 Å². The summed E-state index contributed by atoms with van der Waals surface area (Å²) in [7, 11) is 0. The van der Waals surface area contributed by atoms with Gasteiger partial charge in [0.2, 0.25) is 0 Å². The van der Waals surface area contributed by atoms with Crippen LogP contribution in [0.5, 0.6) is 5.75 Å². The average Bonchev–Trinajstić information content (AvgIpc) is 2.79. The van der Waals surface area contributed by atoms with Crippen molar-refractivity contribution in [2.24, 2.45) is 0 Å². The van der Waals surface area contributed by atoms with Crippen molar-refractivity contribution in [2.75, 3.05) is 5.32 Å². The lowest BCUT2D eigenvalue weighted by Crippen LogP contribution is -2.11. The molecule has 2 aromatic rings. The van der Waals surface area contributed by atoms with Gasteiger partial charge in [0.1, 0.15) is 5.75 Å². The molecule has 3 nitrogen and oxygen atoms in total. The Balaban J connectivity index is 2.02. The summed E-state index contributed by atoms with van der Waals surface area (Å²) in [4.78, 5) is 4.61. The van der Waals surface area contributed by atoms with E-state index in [-0.39, 0.29) is 11.2 Å². The Labute approximate surface area is 122 Å². The molecule has 102 valence electrons. The number of hydrogen-bond acceptors (Lipinski definition) is 4. The van der Waals surface area contributed by atoms with Crippen LogP contribution < -0.4 is 5.32 Å². The summed E-state index contributed by atoms with van der Waals surface area (Å²) in [5, 5.41) is 16.1. The first-order chi connectivity index (χ1) is 8.86. The van der Waals surface area contributed by atoms with E-state index in [9.17, 15) is 5.11 Å². The van der Waals surface area contributed by atoms with Crippen LogP contribution in [0.1, 0.15) is 31.5 Å². The van der Waals surface area contributed by atoms with Crippen LogP contribution in [0.25, 0.3) is 0 Å². The van der Waals surface area contributed by atoms with Crippen LogP contribution in [0, 0.1) is 0 Å². The number of thiazole rings is 1. The average molecular weight is 297 g/mol. The second-order valence-corrected chi connectivity index (χ2v) is 6.68. The van der Waals surface area contributed by atoms with Crippen LogP contribution in [0.15, 0.2) is 23.6 Å². The molecule has 0 atom stereocenters. The SMILES string of the molecule is CC(C)(C)c1nc(CNc2ccc(O)c(Cl)c2)cs1. The van der Waals surface area contributed by atoms with Crippen molar-refractivity contribution < 1.29 is 5.11 Å². The van der Waals surface area contributed by atoms with E-state index in [1.54, 1.807) is 29.5 Å². The van der Waals surface area contributed by atoms with Gasteiger partial charge in [0.05, 0.1) is 22.3 Å². The topological polar surface area (TPSA) is 45.2 Å². The number of nitrogens with one attached hydrogen (secondary N) is 1. The van der Waals surface area contributed by atoms with Crippen molar-refractivity contribution in [3.63, 3.8) is 0 Å². The molecule has 1 heterocycles. The molecular formula is C14H17ClN2OS. The maximum absolute atomic E-state index is 9.35. The van der Waals surface area contributed by atoms with E-state index in [0.29, 0.717) is 11.6 Å². The van der Waals surface area contributed by atoms with E-state index >= 15 is 0 Å². The molecule has 0 aliphatic rings. The highest BCUT2D eigenvalue weighted by molar-refractivity contribution is 7.09. The number of halogens is 1. The maximum Gasteiger partial charge on any atom is 0.134 e. The van der Waals surface area contributed by atoms with Gasteiger partial charge in [0.25, 0.3) is 0 Å². The Morgan fingerprint density at radius 1 is 1.37 bits per heavy atom. The zero-order valence-corrected chi connectivity index (χ0v) is 12.8. The lowest BCUT2D eigenvalue weighted by atomic mass is 9.98. The molecule has 0 aliphatic heterocycles. The number of rotatable bonds is 3. The number of anilines is 1. The first kappa shape index (κ1) is 14.2. The monoisotopic (exact) mass is 296 g/mol. The van der Waals surface area contributed by atoms with Gasteiger partial charge >= 0.3 is 0 Å². The van der Waals surface area contributed by atoms with Gasteiger partial charge in [-0.25, -0.2) is 4.98 Å².